The topological polar surface area (TPSA) is 197 Å². The highest BCUT2D eigenvalue weighted by Crippen LogP contribution is 2.14. The zero-order valence-corrected chi connectivity index (χ0v) is 31.0. The Morgan fingerprint density at radius 2 is 1.10 bits per heavy atom. The maximum atomic E-state index is 12.5. The van der Waals surface area contributed by atoms with Gasteiger partial charge in [-0.3, -0.25) is 24.0 Å². The van der Waals surface area contributed by atoms with Crippen LogP contribution in [-0.2, 0) is 28.8 Å². The van der Waals surface area contributed by atoms with Crippen molar-refractivity contribution in [2.24, 2.45) is 11.7 Å². The van der Waals surface area contributed by atoms with E-state index in [1.54, 1.807) is 6.92 Å². The maximum absolute atomic E-state index is 12.5. The van der Waals surface area contributed by atoms with Gasteiger partial charge in [-0.05, 0) is 45.4 Å². The van der Waals surface area contributed by atoms with Crippen LogP contribution in [0.3, 0.4) is 0 Å². The van der Waals surface area contributed by atoms with E-state index in [0.717, 1.165) is 19.3 Å². The number of nitrogens with one attached hydrogen (secondary N) is 4. The number of carbonyl (C=O) groups excluding carboxylic acids is 5. The van der Waals surface area contributed by atoms with Gasteiger partial charge in [0, 0.05) is 25.3 Å². The number of unbranched alkanes of at least 4 members (excludes halogenated alkanes) is 15. The molecule has 0 aromatic rings. The fourth-order valence-corrected chi connectivity index (χ4v) is 5.43. The van der Waals surface area contributed by atoms with Crippen LogP contribution in [0.5, 0.6) is 0 Å². The molecule has 0 aliphatic carbocycles. The van der Waals surface area contributed by atoms with Gasteiger partial charge in [0.05, 0.1) is 0 Å². The molecule has 0 aromatic heterocycles. The molecule has 0 radical (unpaired) electrons. The Morgan fingerprint density at radius 1 is 0.571 bits per heavy atom. The van der Waals surface area contributed by atoms with Gasteiger partial charge < -0.3 is 32.1 Å². The monoisotopic (exact) mass is 696 g/mol. The van der Waals surface area contributed by atoms with Gasteiger partial charge in [0.25, 0.3) is 0 Å². The number of carboxylic acid groups (broad SMARTS) is 1. The first kappa shape index (κ1) is 45.8. The van der Waals surface area contributed by atoms with Gasteiger partial charge in [-0.2, -0.15) is 0 Å². The summed E-state index contributed by atoms with van der Waals surface area (Å²) in [6.07, 6.45) is 21.1. The molecule has 0 fully saturated rings. The third-order valence-corrected chi connectivity index (χ3v) is 9.01. The summed E-state index contributed by atoms with van der Waals surface area (Å²) in [5.74, 6) is -3.82. The van der Waals surface area contributed by atoms with Crippen LogP contribution in [0, 0.1) is 5.92 Å². The Bertz CT molecular complexity index is 961. The number of rotatable bonds is 32. The van der Waals surface area contributed by atoms with E-state index in [9.17, 15) is 33.9 Å². The van der Waals surface area contributed by atoms with Crippen molar-refractivity contribution in [2.45, 2.75) is 187 Å². The van der Waals surface area contributed by atoms with Crippen LogP contribution in [0.4, 0.5) is 0 Å². The van der Waals surface area contributed by atoms with E-state index < -0.39 is 41.8 Å². The first-order chi connectivity index (χ1) is 23.4. The Hall–Kier alpha value is -3.18. The van der Waals surface area contributed by atoms with Crippen molar-refractivity contribution in [3.63, 3.8) is 0 Å². The van der Waals surface area contributed by atoms with Gasteiger partial charge in [0.1, 0.15) is 18.1 Å². The maximum Gasteiger partial charge on any atom is 0.326 e. The van der Waals surface area contributed by atoms with Crippen LogP contribution in [0.25, 0.3) is 0 Å². The lowest BCUT2D eigenvalue weighted by atomic mass is 10.0. The van der Waals surface area contributed by atoms with Gasteiger partial charge in [-0.25, -0.2) is 4.79 Å². The number of carboxylic acids is 1. The second kappa shape index (κ2) is 29.7. The minimum Gasteiger partial charge on any atom is -0.480 e. The predicted octanol–water partition coefficient (Wildman–Crippen LogP) is 5.40. The normalized spacial score (nSPS) is 13.5. The Kier molecular flexibility index (Phi) is 27.8. The average Bonchev–Trinajstić information content (AvgIpc) is 3.06. The van der Waals surface area contributed by atoms with E-state index in [1.165, 1.54) is 84.0 Å². The van der Waals surface area contributed by atoms with Gasteiger partial charge in [-0.1, -0.05) is 111 Å². The Labute approximate surface area is 295 Å². The molecule has 0 aliphatic heterocycles. The van der Waals surface area contributed by atoms with Gasteiger partial charge in [0.2, 0.25) is 29.5 Å². The van der Waals surface area contributed by atoms with Crippen molar-refractivity contribution in [3.8, 4) is 0 Å². The van der Waals surface area contributed by atoms with Crippen LogP contribution in [0.15, 0.2) is 0 Å². The molecule has 12 heteroatoms. The molecule has 284 valence electrons. The van der Waals surface area contributed by atoms with Gasteiger partial charge in [0.15, 0.2) is 0 Å². The molecule has 12 nitrogen and oxygen atoms in total. The highest BCUT2D eigenvalue weighted by molar-refractivity contribution is 5.92. The van der Waals surface area contributed by atoms with E-state index in [4.69, 9.17) is 5.73 Å². The highest BCUT2D eigenvalue weighted by atomic mass is 16.4. The van der Waals surface area contributed by atoms with E-state index in [0.29, 0.717) is 32.2 Å². The molecular formula is C37H69N5O7. The van der Waals surface area contributed by atoms with Crippen molar-refractivity contribution in [1.82, 2.24) is 21.3 Å². The first-order valence-electron chi connectivity index (χ1n) is 19.1. The molecule has 0 saturated heterocycles. The summed E-state index contributed by atoms with van der Waals surface area (Å²) in [5, 5.41) is 19.9. The summed E-state index contributed by atoms with van der Waals surface area (Å²) < 4.78 is 0. The summed E-state index contributed by atoms with van der Waals surface area (Å²) in [7, 11) is 0. The number of nitrogens with two attached hydrogens (primary N) is 1. The van der Waals surface area contributed by atoms with Crippen LogP contribution >= 0.6 is 0 Å². The predicted molar refractivity (Wildman–Crippen MR) is 193 cm³/mol. The number of hydrogen-bond acceptors (Lipinski definition) is 6. The summed E-state index contributed by atoms with van der Waals surface area (Å²) in [4.78, 5) is 72.7. The molecule has 4 atom stereocenters. The molecule has 4 unspecified atom stereocenters. The Balaban J connectivity index is 4.09. The molecule has 0 rings (SSSR count). The molecule has 5 amide bonds. The van der Waals surface area contributed by atoms with Crippen LogP contribution < -0.4 is 27.0 Å². The quantitative estimate of drug-likeness (QED) is 0.0506. The van der Waals surface area contributed by atoms with Crippen molar-refractivity contribution in [1.29, 1.82) is 0 Å². The van der Waals surface area contributed by atoms with E-state index in [1.807, 2.05) is 6.92 Å². The average molecular weight is 696 g/mol. The highest BCUT2D eigenvalue weighted by Gasteiger charge is 2.25. The fraction of sp³-hybridized carbons (Fsp3) is 0.838. The number of carbonyl (C=O) groups is 6. The molecule has 0 spiro atoms. The first-order valence-corrected chi connectivity index (χ1v) is 19.1. The molecule has 0 aliphatic rings. The molecular weight excluding hydrogens is 626 g/mol. The summed E-state index contributed by atoms with van der Waals surface area (Å²) in [6, 6.07) is -3.20. The summed E-state index contributed by atoms with van der Waals surface area (Å²) in [5.41, 5.74) is 5.39. The lowest BCUT2D eigenvalue weighted by Crippen LogP contribution is -2.52. The van der Waals surface area contributed by atoms with Crippen LogP contribution in [0.2, 0.25) is 0 Å². The lowest BCUT2D eigenvalue weighted by Gasteiger charge is -2.21. The Morgan fingerprint density at radius 3 is 1.59 bits per heavy atom. The molecule has 0 aromatic carbocycles. The van der Waals surface area contributed by atoms with Crippen molar-refractivity contribution in [2.75, 3.05) is 6.54 Å². The smallest absolute Gasteiger partial charge is 0.326 e. The van der Waals surface area contributed by atoms with E-state index in [2.05, 4.69) is 28.2 Å². The number of amides is 5. The van der Waals surface area contributed by atoms with E-state index in [-0.39, 0.29) is 37.0 Å². The van der Waals surface area contributed by atoms with Crippen molar-refractivity contribution >= 4 is 35.5 Å². The largest absolute Gasteiger partial charge is 0.480 e. The summed E-state index contributed by atoms with van der Waals surface area (Å²) in [6.45, 7) is 7.75. The molecule has 0 heterocycles. The van der Waals surface area contributed by atoms with E-state index >= 15 is 0 Å². The second-order valence-corrected chi connectivity index (χ2v) is 13.5. The standard InChI is InChI=1S/C37H69N5O7/c1-5-7-8-9-10-11-12-13-14-15-16-17-18-19-20-24-32(43)39-27-22-21-23-31(37(48)49)41-33(44)26-25-30(34(38)45)42-36(47)29(4)40-35(46)28(3)6-2/h28-31H,5-27H2,1-4H3,(H2,38,45)(H,39,43)(H,40,46)(H,41,44)(H,42,47)(H,48,49). The third-order valence-electron chi connectivity index (χ3n) is 9.01. The SMILES string of the molecule is CCCCCCCCCCCCCCCCCC(=O)NCCCCC(NC(=O)CCC(NC(=O)C(C)NC(=O)C(C)CC)C(N)=O)C(=O)O. The van der Waals surface area contributed by atoms with Crippen LogP contribution in [-0.4, -0.2) is 65.3 Å². The zero-order chi connectivity index (χ0) is 36.9. The number of aliphatic carboxylic acids is 1. The van der Waals surface area contributed by atoms with Crippen LogP contribution in [0.1, 0.15) is 169 Å². The fourth-order valence-electron chi connectivity index (χ4n) is 5.43. The third kappa shape index (κ3) is 25.5. The molecule has 7 N–H and O–H groups in total. The second-order valence-electron chi connectivity index (χ2n) is 13.5. The van der Waals surface area contributed by atoms with Crippen molar-refractivity contribution < 1.29 is 33.9 Å². The zero-order valence-electron chi connectivity index (χ0n) is 31.0. The molecule has 0 saturated carbocycles. The number of hydrogen-bond donors (Lipinski definition) is 6. The van der Waals surface area contributed by atoms with Gasteiger partial charge >= 0.3 is 5.97 Å². The summed E-state index contributed by atoms with van der Waals surface area (Å²) >= 11 is 0. The lowest BCUT2D eigenvalue weighted by molar-refractivity contribution is -0.142. The van der Waals surface area contributed by atoms with Gasteiger partial charge in [-0.15, -0.1) is 0 Å². The van der Waals surface area contributed by atoms with Crippen molar-refractivity contribution in [3.05, 3.63) is 0 Å². The minimum atomic E-state index is -1.18. The minimum absolute atomic E-state index is 0.00108. The number of primary amides is 1. The molecule has 0 bridgehead atoms. The molecule has 49 heavy (non-hydrogen) atoms.